The standard InChI is InChI=1S/C30H23F3N6O/c31-30(32,33)21-14-22(17-8-9-17)24(36-15-21)16-37-29(40)27-28(34)39-25(18-5-2-1-3-6-18)26(38-27)20-10-11-23-19(13-20)7-4-12-35-23/h1-7,10-15,17H,8-9,16H2,(H2,34,39)(H,37,40). The number of anilines is 1. The molecule has 3 heterocycles. The molecule has 7 nitrogen and oxygen atoms in total. The molecule has 1 saturated carbocycles. The summed E-state index contributed by atoms with van der Waals surface area (Å²) < 4.78 is 39.7. The van der Waals surface area contributed by atoms with Gasteiger partial charge in [-0.1, -0.05) is 42.5 Å². The molecule has 0 spiro atoms. The van der Waals surface area contributed by atoms with Crippen molar-refractivity contribution in [3.63, 3.8) is 0 Å². The molecular weight excluding hydrogens is 517 g/mol. The van der Waals surface area contributed by atoms with Crippen molar-refractivity contribution in [2.45, 2.75) is 31.5 Å². The van der Waals surface area contributed by atoms with Crippen molar-refractivity contribution in [2.24, 2.45) is 0 Å². The lowest BCUT2D eigenvalue weighted by Crippen LogP contribution is -2.27. The van der Waals surface area contributed by atoms with E-state index in [9.17, 15) is 18.0 Å². The summed E-state index contributed by atoms with van der Waals surface area (Å²) in [6, 6.07) is 19.9. The largest absolute Gasteiger partial charge is 0.417 e. The van der Waals surface area contributed by atoms with Crippen LogP contribution in [-0.2, 0) is 12.7 Å². The molecule has 200 valence electrons. The second-order valence-electron chi connectivity index (χ2n) is 9.65. The number of nitrogen functional groups attached to an aromatic ring is 1. The molecule has 2 aromatic carbocycles. The number of aromatic nitrogens is 4. The summed E-state index contributed by atoms with van der Waals surface area (Å²) in [6.45, 7) is -0.0681. The zero-order valence-electron chi connectivity index (χ0n) is 21.1. The maximum atomic E-state index is 13.3. The first-order valence-corrected chi connectivity index (χ1v) is 12.7. The Kier molecular flexibility index (Phi) is 6.37. The van der Waals surface area contributed by atoms with Crippen LogP contribution < -0.4 is 11.1 Å². The molecule has 6 rings (SSSR count). The minimum absolute atomic E-state index is 0.00529. The summed E-state index contributed by atoms with van der Waals surface area (Å²) in [7, 11) is 0. The normalized spacial score (nSPS) is 13.4. The van der Waals surface area contributed by atoms with E-state index in [1.165, 1.54) is 0 Å². The third-order valence-electron chi connectivity index (χ3n) is 6.83. The topological polar surface area (TPSA) is 107 Å². The highest BCUT2D eigenvalue weighted by Crippen LogP contribution is 2.43. The molecular formula is C30H23F3N6O. The summed E-state index contributed by atoms with van der Waals surface area (Å²) in [5, 5.41) is 3.62. The Morgan fingerprint density at radius 1 is 0.925 bits per heavy atom. The molecule has 1 fully saturated rings. The third kappa shape index (κ3) is 5.07. The lowest BCUT2D eigenvalue weighted by molar-refractivity contribution is -0.137. The average Bonchev–Trinajstić information content (AvgIpc) is 3.81. The van der Waals surface area contributed by atoms with E-state index in [2.05, 4.69) is 25.3 Å². The van der Waals surface area contributed by atoms with E-state index in [0.717, 1.165) is 47.1 Å². The fourth-order valence-corrected chi connectivity index (χ4v) is 4.65. The number of fused-ring (bicyclic) bond motifs is 1. The van der Waals surface area contributed by atoms with Crippen LogP contribution in [0, 0.1) is 0 Å². The number of carbonyl (C=O) groups is 1. The number of amides is 1. The van der Waals surface area contributed by atoms with Gasteiger partial charge in [0.2, 0.25) is 0 Å². The minimum atomic E-state index is -4.49. The number of benzene rings is 2. The SMILES string of the molecule is Nc1nc(-c2ccccc2)c(-c2ccc3ncccc3c2)nc1C(=O)NCc1ncc(C(F)(F)F)cc1C1CC1. The van der Waals surface area contributed by atoms with E-state index in [1.54, 1.807) is 6.20 Å². The molecule has 0 unspecified atom stereocenters. The van der Waals surface area contributed by atoms with Gasteiger partial charge in [0, 0.05) is 28.9 Å². The van der Waals surface area contributed by atoms with Gasteiger partial charge in [-0.05, 0) is 48.6 Å². The summed E-state index contributed by atoms with van der Waals surface area (Å²) in [6.07, 6.45) is -0.411. The van der Waals surface area contributed by atoms with Gasteiger partial charge in [0.1, 0.15) is 0 Å². The molecule has 0 bridgehead atoms. The Hall–Kier alpha value is -4.86. The van der Waals surface area contributed by atoms with Gasteiger partial charge in [0.15, 0.2) is 11.5 Å². The monoisotopic (exact) mass is 540 g/mol. The summed E-state index contributed by atoms with van der Waals surface area (Å²) >= 11 is 0. The summed E-state index contributed by atoms with van der Waals surface area (Å²) in [4.78, 5) is 30.9. The van der Waals surface area contributed by atoms with Crippen LogP contribution in [0.5, 0.6) is 0 Å². The van der Waals surface area contributed by atoms with E-state index >= 15 is 0 Å². The van der Waals surface area contributed by atoms with E-state index in [1.807, 2.05) is 60.7 Å². The van der Waals surface area contributed by atoms with Crippen molar-refractivity contribution in [1.29, 1.82) is 0 Å². The van der Waals surface area contributed by atoms with Crippen LogP contribution in [0.3, 0.4) is 0 Å². The van der Waals surface area contributed by atoms with E-state index in [-0.39, 0.29) is 24.0 Å². The van der Waals surface area contributed by atoms with Gasteiger partial charge < -0.3 is 11.1 Å². The van der Waals surface area contributed by atoms with Crippen molar-refractivity contribution in [3.05, 3.63) is 102 Å². The van der Waals surface area contributed by atoms with Crippen LogP contribution in [0.25, 0.3) is 33.4 Å². The Morgan fingerprint density at radius 2 is 1.70 bits per heavy atom. The predicted octanol–water partition coefficient (Wildman–Crippen LogP) is 6.16. The van der Waals surface area contributed by atoms with Crippen molar-refractivity contribution in [3.8, 4) is 22.5 Å². The molecule has 0 saturated heterocycles. The van der Waals surface area contributed by atoms with Crippen LogP contribution >= 0.6 is 0 Å². The van der Waals surface area contributed by atoms with Crippen LogP contribution in [-0.4, -0.2) is 25.8 Å². The summed E-state index contributed by atoms with van der Waals surface area (Å²) in [5.74, 6) is -0.659. The Bertz CT molecular complexity index is 1740. The zero-order valence-corrected chi connectivity index (χ0v) is 21.1. The molecule has 0 aliphatic heterocycles. The van der Waals surface area contributed by atoms with E-state index < -0.39 is 17.6 Å². The number of pyridine rings is 2. The summed E-state index contributed by atoms with van der Waals surface area (Å²) in [5.41, 5.74) is 9.52. The molecule has 1 aliphatic rings. The number of nitrogens with two attached hydrogens (primary N) is 1. The van der Waals surface area contributed by atoms with Gasteiger partial charge in [0.05, 0.1) is 34.7 Å². The quantitative estimate of drug-likeness (QED) is 0.267. The number of hydrogen-bond donors (Lipinski definition) is 2. The lowest BCUT2D eigenvalue weighted by atomic mass is 10.0. The zero-order chi connectivity index (χ0) is 27.9. The smallest absolute Gasteiger partial charge is 0.382 e. The Morgan fingerprint density at radius 3 is 2.45 bits per heavy atom. The van der Waals surface area contributed by atoms with Gasteiger partial charge in [0.25, 0.3) is 5.91 Å². The molecule has 10 heteroatoms. The van der Waals surface area contributed by atoms with Crippen molar-refractivity contribution in [2.75, 3.05) is 5.73 Å². The highest BCUT2D eigenvalue weighted by Gasteiger charge is 2.34. The van der Waals surface area contributed by atoms with E-state index in [0.29, 0.717) is 22.6 Å². The van der Waals surface area contributed by atoms with Crippen molar-refractivity contribution in [1.82, 2.24) is 25.3 Å². The van der Waals surface area contributed by atoms with Gasteiger partial charge >= 0.3 is 6.18 Å². The number of carbonyl (C=O) groups excluding carboxylic acids is 1. The third-order valence-corrected chi connectivity index (χ3v) is 6.83. The Balaban J connectivity index is 1.36. The highest BCUT2D eigenvalue weighted by molar-refractivity contribution is 5.98. The highest BCUT2D eigenvalue weighted by atomic mass is 19.4. The number of alkyl halides is 3. The molecule has 40 heavy (non-hydrogen) atoms. The first-order valence-electron chi connectivity index (χ1n) is 12.7. The number of nitrogens with one attached hydrogen (secondary N) is 1. The number of halogens is 3. The number of hydrogen-bond acceptors (Lipinski definition) is 6. The molecule has 1 amide bonds. The molecule has 5 aromatic rings. The van der Waals surface area contributed by atoms with Gasteiger partial charge in [-0.25, -0.2) is 9.97 Å². The number of rotatable bonds is 6. The first kappa shape index (κ1) is 25.4. The second-order valence-corrected chi connectivity index (χ2v) is 9.65. The van der Waals surface area contributed by atoms with Crippen LogP contribution in [0.4, 0.5) is 19.0 Å². The first-order chi connectivity index (χ1) is 19.3. The van der Waals surface area contributed by atoms with Gasteiger partial charge in [-0.2, -0.15) is 13.2 Å². The molecule has 0 atom stereocenters. The molecule has 1 aliphatic carbocycles. The second kappa shape index (κ2) is 10.0. The molecule has 3 aromatic heterocycles. The fourth-order valence-electron chi connectivity index (χ4n) is 4.65. The molecule has 0 radical (unpaired) electrons. The van der Waals surface area contributed by atoms with Gasteiger partial charge in [-0.15, -0.1) is 0 Å². The van der Waals surface area contributed by atoms with Crippen LogP contribution in [0.15, 0.2) is 79.1 Å². The fraction of sp³-hybridized carbons (Fsp3) is 0.167. The predicted molar refractivity (Wildman–Crippen MR) is 145 cm³/mol. The van der Waals surface area contributed by atoms with Gasteiger partial charge in [-0.3, -0.25) is 14.8 Å². The maximum absolute atomic E-state index is 13.3. The van der Waals surface area contributed by atoms with Crippen molar-refractivity contribution < 1.29 is 18.0 Å². The lowest BCUT2D eigenvalue weighted by Gasteiger charge is -2.15. The van der Waals surface area contributed by atoms with Crippen LogP contribution in [0.1, 0.15) is 46.1 Å². The minimum Gasteiger partial charge on any atom is -0.382 e. The average molecular weight is 541 g/mol. The molecule has 3 N–H and O–H groups in total. The van der Waals surface area contributed by atoms with E-state index in [4.69, 9.17) is 5.73 Å². The maximum Gasteiger partial charge on any atom is 0.417 e. The Labute approximate surface area is 227 Å². The number of nitrogens with zero attached hydrogens (tertiary/aromatic N) is 4. The van der Waals surface area contributed by atoms with Crippen LogP contribution in [0.2, 0.25) is 0 Å². The van der Waals surface area contributed by atoms with Crippen molar-refractivity contribution >= 4 is 22.6 Å².